The monoisotopic (exact) mass is 525 g/mol. The number of likely N-dealkylation sites (N-methyl/N-ethyl adjacent to an activating group) is 1. The smallest absolute Gasteiger partial charge is 0.311 e. The summed E-state index contributed by atoms with van der Waals surface area (Å²) in [6, 6.07) is 4.11. The fraction of sp³-hybridized carbons (Fsp3) is 0.586. The molecule has 0 amide bonds. The van der Waals surface area contributed by atoms with E-state index in [-0.39, 0.29) is 42.3 Å². The molecular formula is C29H35NO8. The van der Waals surface area contributed by atoms with E-state index in [2.05, 4.69) is 22.8 Å². The number of ketones is 1. The lowest BCUT2D eigenvalue weighted by molar-refractivity contribution is -0.155. The molecular weight excluding hydrogens is 490 g/mol. The molecule has 2 aliphatic carbocycles. The SMILES string of the molecule is COC(=O)CCCC(=O)O[C@H]1C=C[C@H]2[C@H]3Cc4ccc(OC(=O)CCCC(C)=O)c5c4C2(CCN3C)[C@H]1O5. The van der Waals surface area contributed by atoms with E-state index in [4.69, 9.17) is 14.2 Å². The van der Waals surface area contributed by atoms with Gasteiger partial charge in [-0.25, -0.2) is 0 Å². The molecule has 5 rings (SSSR count). The molecule has 1 saturated heterocycles. The highest BCUT2D eigenvalue weighted by atomic mass is 16.6. The maximum atomic E-state index is 12.7. The van der Waals surface area contributed by atoms with Gasteiger partial charge in [0.05, 0.1) is 7.11 Å². The van der Waals surface area contributed by atoms with Crippen molar-refractivity contribution in [3.8, 4) is 11.5 Å². The van der Waals surface area contributed by atoms with Gasteiger partial charge < -0.3 is 28.6 Å². The minimum Gasteiger partial charge on any atom is -0.481 e. The number of rotatable bonds is 10. The van der Waals surface area contributed by atoms with Crippen molar-refractivity contribution in [1.29, 1.82) is 0 Å². The number of carbonyl (C=O) groups excluding carboxylic acids is 4. The van der Waals surface area contributed by atoms with Gasteiger partial charge in [-0.1, -0.05) is 12.1 Å². The summed E-state index contributed by atoms with van der Waals surface area (Å²) < 4.78 is 22.9. The molecule has 0 N–H and O–H groups in total. The third kappa shape index (κ3) is 4.61. The molecule has 2 aliphatic heterocycles. The second-order valence-corrected chi connectivity index (χ2v) is 10.8. The van der Waals surface area contributed by atoms with E-state index in [9.17, 15) is 19.2 Å². The first-order chi connectivity index (χ1) is 18.2. The zero-order chi connectivity index (χ0) is 27.0. The number of piperidine rings is 1. The number of hydrogen-bond donors (Lipinski definition) is 0. The Bertz CT molecular complexity index is 1180. The molecule has 0 radical (unpaired) electrons. The zero-order valence-electron chi connectivity index (χ0n) is 22.2. The zero-order valence-corrected chi connectivity index (χ0v) is 22.2. The number of methoxy groups -OCH3 is 1. The van der Waals surface area contributed by atoms with Crippen molar-refractivity contribution in [3.05, 3.63) is 35.4 Å². The van der Waals surface area contributed by atoms with E-state index in [1.165, 1.54) is 19.6 Å². The number of likely N-dealkylation sites (tertiary alicyclic amines) is 1. The number of Topliss-reactive ketones (excluding diaryl/α,β-unsaturated/α-hetero) is 1. The van der Waals surface area contributed by atoms with Gasteiger partial charge in [0, 0.05) is 48.6 Å². The van der Waals surface area contributed by atoms with Gasteiger partial charge >= 0.3 is 17.9 Å². The average molecular weight is 526 g/mol. The van der Waals surface area contributed by atoms with E-state index in [1.807, 2.05) is 12.1 Å². The van der Waals surface area contributed by atoms with Crippen molar-refractivity contribution < 1.29 is 38.1 Å². The number of esters is 3. The summed E-state index contributed by atoms with van der Waals surface area (Å²) in [6.45, 7) is 2.38. The van der Waals surface area contributed by atoms with Crippen LogP contribution in [0, 0.1) is 5.92 Å². The third-order valence-corrected chi connectivity index (χ3v) is 8.51. The highest BCUT2D eigenvalue weighted by Crippen LogP contribution is 2.62. The van der Waals surface area contributed by atoms with E-state index < -0.39 is 24.1 Å². The van der Waals surface area contributed by atoms with Crippen LogP contribution in [0.3, 0.4) is 0 Å². The Labute approximate surface area is 222 Å². The molecule has 9 heteroatoms. The standard InChI is InChI=1S/C29H35NO8/c1-17(31)6-4-8-24(33)36-21-12-10-18-16-20-19-11-13-22(37-25(34)9-5-7-23(32)35-3)28-29(19,14-15-30(20)2)26(18)27(21)38-28/h10-13,19-20,22,28H,4-9,14-16H2,1-3H3/t19-,20+,22-,28-,29?/m0/s1. The predicted octanol–water partition coefficient (Wildman–Crippen LogP) is 3.05. The highest BCUT2D eigenvalue weighted by molar-refractivity contribution is 5.78. The van der Waals surface area contributed by atoms with Gasteiger partial charge in [-0.3, -0.25) is 14.4 Å². The van der Waals surface area contributed by atoms with Crippen LogP contribution in [-0.2, 0) is 40.5 Å². The van der Waals surface area contributed by atoms with Crippen LogP contribution in [0.15, 0.2) is 24.3 Å². The van der Waals surface area contributed by atoms with Crippen LogP contribution >= 0.6 is 0 Å². The summed E-state index contributed by atoms with van der Waals surface area (Å²) >= 11 is 0. The largest absolute Gasteiger partial charge is 0.481 e. The number of hydrogen-bond acceptors (Lipinski definition) is 9. The molecule has 4 aliphatic rings. The van der Waals surface area contributed by atoms with Gasteiger partial charge in [-0.15, -0.1) is 0 Å². The van der Waals surface area contributed by atoms with Crippen LogP contribution in [0.25, 0.3) is 0 Å². The van der Waals surface area contributed by atoms with Crippen molar-refractivity contribution in [3.63, 3.8) is 0 Å². The minimum absolute atomic E-state index is 0.0398. The van der Waals surface area contributed by atoms with Crippen LogP contribution in [0.2, 0.25) is 0 Å². The van der Waals surface area contributed by atoms with Crippen LogP contribution in [-0.4, -0.2) is 67.5 Å². The lowest BCUT2D eigenvalue weighted by atomic mass is 9.53. The molecule has 0 aromatic heterocycles. The van der Waals surface area contributed by atoms with Gasteiger partial charge in [0.1, 0.15) is 11.9 Å². The van der Waals surface area contributed by atoms with Crippen LogP contribution in [0.5, 0.6) is 11.5 Å². The Balaban J connectivity index is 1.41. The van der Waals surface area contributed by atoms with Gasteiger partial charge in [0.25, 0.3) is 0 Å². The van der Waals surface area contributed by atoms with Crippen molar-refractivity contribution in [1.82, 2.24) is 4.90 Å². The summed E-state index contributed by atoms with van der Waals surface area (Å²) in [6.07, 6.45) is 6.28. The average Bonchev–Trinajstić information content (AvgIpc) is 3.23. The first kappa shape index (κ1) is 26.4. The third-order valence-electron chi connectivity index (χ3n) is 8.51. The van der Waals surface area contributed by atoms with Gasteiger partial charge in [0.2, 0.25) is 0 Å². The lowest BCUT2D eigenvalue weighted by Crippen LogP contribution is -2.65. The molecule has 1 unspecified atom stereocenters. The second-order valence-electron chi connectivity index (χ2n) is 10.8. The Morgan fingerprint density at radius 1 is 1.03 bits per heavy atom. The molecule has 38 heavy (non-hydrogen) atoms. The number of benzene rings is 1. The molecule has 1 fully saturated rings. The Kier molecular flexibility index (Phi) is 7.31. The van der Waals surface area contributed by atoms with E-state index in [0.717, 1.165) is 24.9 Å². The topological polar surface area (TPSA) is 108 Å². The first-order valence-corrected chi connectivity index (χ1v) is 13.4. The summed E-state index contributed by atoms with van der Waals surface area (Å²) in [4.78, 5) is 50.4. The fourth-order valence-corrected chi connectivity index (χ4v) is 6.74. The molecule has 2 bridgehead atoms. The fourth-order valence-electron chi connectivity index (χ4n) is 6.74. The predicted molar refractivity (Wildman–Crippen MR) is 136 cm³/mol. The number of carbonyl (C=O) groups is 4. The number of ether oxygens (including phenoxy) is 4. The molecule has 204 valence electrons. The maximum absolute atomic E-state index is 12.7. The lowest BCUT2D eigenvalue weighted by Gasteiger charge is -2.56. The minimum atomic E-state index is -0.599. The molecule has 1 aromatic rings. The molecule has 1 aromatic carbocycles. The second kappa shape index (κ2) is 10.5. The maximum Gasteiger partial charge on any atom is 0.311 e. The normalized spacial score (nSPS) is 28.2. The first-order valence-electron chi connectivity index (χ1n) is 13.4. The van der Waals surface area contributed by atoms with Crippen LogP contribution in [0.4, 0.5) is 0 Å². The Morgan fingerprint density at radius 2 is 1.76 bits per heavy atom. The van der Waals surface area contributed by atoms with Crippen LogP contribution < -0.4 is 9.47 Å². The summed E-state index contributed by atoms with van der Waals surface area (Å²) in [7, 11) is 3.47. The van der Waals surface area contributed by atoms with Crippen molar-refractivity contribution >= 4 is 23.7 Å². The van der Waals surface area contributed by atoms with E-state index >= 15 is 0 Å². The highest BCUT2D eigenvalue weighted by Gasteiger charge is 2.65. The van der Waals surface area contributed by atoms with Crippen molar-refractivity contribution in [2.45, 2.75) is 82.0 Å². The summed E-state index contributed by atoms with van der Waals surface area (Å²) in [5.74, 6) is 0.000656. The summed E-state index contributed by atoms with van der Waals surface area (Å²) in [5, 5.41) is 0. The van der Waals surface area contributed by atoms with Crippen molar-refractivity contribution in [2.24, 2.45) is 5.92 Å². The Hall–Kier alpha value is -3.20. The number of nitrogens with zero attached hydrogens (tertiary/aromatic N) is 1. The molecule has 1 spiro atoms. The molecule has 2 heterocycles. The Morgan fingerprint density at radius 3 is 2.53 bits per heavy atom. The van der Waals surface area contributed by atoms with E-state index in [0.29, 0.717) is 36.8 Å². The van der Waals surface area contributed by atoms with Gasteiger partial charge in [-0.2, -0.15) is 0 Å². The summed E-state index contributed by atoms with van der Waals surface area (Å²) in [5.41, 5.74) is 1.86. The van der Waals surface area contributed by atoms with E-state index in [1.54, 1.807) is 6.07 Å². The molecule has 0 saturated carbocycles. The van der Waals surface area contributed by atoms with Crippen molar-refractivity contribution in [2.75, 3.05) is 20.7 Å². The van der Waals surface area contributed by atoms with Crippen LogP contribution in [0.1, 0.15) is 63.0 Å². The quantitative estimate of drug-likeness (QED) is 0.259. The molecule has 9 nitrogen and oxygen atoms in total. The molecule has 5 atom stereocenters. The van der Waals surface area contributed by atoms with Gasteiger partial charge in [0.15, 0.2) is 17.6 Å². The van der Waals surface area contributed by atoms with Gasteiger partial charge in [-0.05, 0) is 63.9 Å².